The molecule has 0 aliphatic rings. The summed E-state index contributed by atoms with van der Waals surface area (Å²) in [5.74, 6) is -0.994. The van der Waals surface area contributed by atoms with E-state index in [1.165, 1.54) is 0 Å². The van der Waals surface area contributed by atoms with E-state index in [0.717, 1.165) is 17.7 Å². The lowest BCUT2D eigenvalue weighted by molar-refractivity contribution is -0.126. The van der Waals surface area contributed by atoms with Crippen LogP contribution in [0.3, 0.4) is 0 Å². The SMILES string of the molecule is CCc1cccnc1CNC(=O)C(N)CC(N)=O. The second kappa shape index (κ2) is 6.70. The summed E-state index contributed by atoms with van der Waals surface area (Å²) >= 11 is 0. The molecule has 0 saturated carbocycles. The van der Waals surface area contributed by atoms with Crippen molar-refractivity contribution in [2.75, 3.05) is 0 Å². The predicted molar refractivity (Wildman–Crippen MR) is 67.2 cm³/mol. The highest BCUT2D eigenvalue weighted by atomic mass is 16.2. The Labute approximate surface area is 106 Å². The highest BCUT2D eigenvalue weighted by molar-refractivity contribution is 5.87. The van der Waals surface area contributed by atoms with Crippen molar-refractivity contribution < 1.29 is 9.59 Å². The zero-order chi connectivity index (χ0) is 13.5. The summed E-state index contributed by atoms with van der Waals surface area (Å²) in [4.78, 5) is 26.4. The summed E-state index contributed by atoms with van der Waals surface area (Å²) in [5.41, 5.74) is 12.4. The molecule has 0 aliphatic heterocycles. The van der Waals surface area contributed by atoms with Gasteiger partial charge in [0.05, 0.1) is 24.7 Å². The van der Waals surface area contributed by atoms with Crippen molar-refractivity contribution in [2.45, 2.75) is 32.4 Å². The summed E-state index contributed by atoms with van der Waals surface area (Å²) < 4.78 is 0. The van der Waals surface area contributed by atoms with Gasteiger partial charge < -0.3 is 16.8 Å². The van der Waals surface area contributed by atoms with Crippen molar-refractivity contribution in [1.82, 2.24) is 10.3 Å². The fourth-order valence-corrected chi connectivity index (χ4v) is 1.56. The molecular formula is C12H18N4O2. The number of hydrogen-bond acceptors (Lipinski definition) is 4. The maximum absolute atomic E-state index is 11.6. The van der Waals surface area contributed by atoms with E-state index in [-0.39, 0.29) is 6.42 Å². The van der Waals surface area contributed by atoms with E-state index < -0.39 is 17.9 Å². The average molecular weight is 250 g/mol. The first-order valence-electron chi connectivity index (χ1n) is 5.79. The number of hydrogen-bond donors (Lipinski definition) is 3. The van der Waals surface area contributed by atoms with E-state index in [0.29, 0.717) is 6.54 Å². The topological polar surface area (TPSA) is 111 Å². The molecule has 1 atom stereocenters. The van der Waals surface area contributed by atoms with Gasteiger partial charge in [-0.25, -0.2) is 0 Å². The third kappa shape index (κ3) is 4.14. The molecule has 0 bridgehead atoms. The van der Waals surface area contributed by atoms with Gasteiger partial charge in [-0.3, -0.25) is 14.6 Å². The molecule has 2 amide bonds. The third-order valence-corrected chi connectivity index (χ3v) is 2.55. The Balaban J connectivity index is 2.54. The van der Waals surface area contributed by atoms with Crippen LogP contribution in [0.15, 0.2) is 18.3 Å². The first kappa shape index (κ1) is 14.1. The lowest BCUT2D eigenvalue weighted by atomic mass is 10.1. The summed E-state index contributed by atoms with van der Waals surface area (Å²) in [6.07, 6.45) is 2.35. The Bertz CT molecular complexity index is 434. The van der Waals surface area contributed by atoms with Crippen molar-refractivity contribution in [1.29, 1.82) is 0 Å². The normalized spacial score (nSPS) is 11.9. The Kier molecular flexibility index (Phi) is 5.26. The minimum absolute atomic E-state index is 0.158. The van der Waals surface area contributed by atoms with Crippen molar-refractivity contribution in [3.8, 4) is 0 Å². The number of aromatic nitrogens is 1. The van der Waals surface area contributed by atoms with E-state index in [4.69, 9.17) is 11.5 Å². The molecule has 1 aromatic heterocycles. The fourth-order valence-electron chi connectivity index (χ4n) is 1.56. The predicted octanol–water partition coefficient (Wildman–Crippen LogP) is -0.537. The quantitative estimate of drug-likeness (QED) is 0.629. The lowest BCUT2D eigenvalue weighted by Crippen LogP contribution is -2.42. The third-order valence-electron chi connectivity index (χ3n) is 2.55. The van der Waals surface area contributed by atoms with Gasteiger partial charge in [-0.2, -0.15) is 0 Å². The van der Waals surface area contributed by atoms with Gasteiger partial charge in [0.2, 0.25) is 11.8 Å². The van der Waals surface area contributed by atoms with Crippen LogP contribution in [0.4, 0.5) is 0 Å². The van der Waals surface area contributed by atoms with E-state index >= 15 is 0 Å². The number of nitrogens with two attached hydrogens (primary N) is 2. The molecule has 0 fully saturated rings. The standard InChI is InChI=1S/C12H18N4O2/c1-2-8-4-3-5-15-10(8)7-16-12(18)9(13)6-11(14)17/h3-5,9H,2,6-7,13H2,1H3,(H2,14,17)(H,16,18). The van der Waals surface area contributed by atoms with Crippen molar-refractivity contribution in [2.24, 2.45) is 11.5 Å². The van der Waals surface area contributed by atoms with Gasteiger partial charge in [0, 0.05) is 6.20 Å². The minimum Gasteiger partial charge on any atom is -0.370 e. The Morgan fingerprint density at radius 2 is 2.22 bits per heavy atom. The molecule has 18 heavy (non-hydrogen) atoms. The van der Waals surface area contributed by atoms with Gasteiger partial charge in [-0.05, 0) is 18.1 Å². The smallest absolute Gasteiger partial charge is 0.237 e. The summed E-state index contributed by atoms with van der Waals surface area (Å²) in [7, 11) is 0. The minimum atomic E-state index is -0.906. The van der Waals surface area contributed by atoms with E-state index in [9.17, 15) is 9.59 Å². The molecule has 98 valence electrons. The van der Waals surface area contributed by atoms with Crippen LogP contribution in [-0.2, 0) is 22.6 Å². The van der Waals surface area contributed by atoms with Crippen LogP contribution in [0.1, 0.15) is 24.6 Å². The molecular weight excluding hydrogens is 232 g/mol. The molecule has 1 unspecified atom stereocenters. The van der Waals surface area contributed by atoms with Gasteiger partial charge >= 0.3 is 0 Å². The van der Waals surface area contributed by atoms with Crippen LogP contribution in [0.2, 0.25) is 0 Å². The molecule has 0 saturated heterocycles. The maximum Gasteiger partial charge on any atom is 0.237 e. The first-order chi connectivity index (χ1) is 8.54. The number of carbonyl (C=O) groups excluding carboxylic acids is 2. The Morgan fingerprint density at radius 1 is 1.50 bits per heavy atom. The first-order valence-corrected chi connectivity index (χ1v) is 5.79. The van der Waals surface area contributed by atoms with Crippen LogP contribution in [-0.4, -0.2) is 22.8 Å². The summed E-state index contributed by atoms with van der Waals surface area (Å²) in [6, 6.07) is 2.90. The zero-order valence-corrected chi connectivity index (χ0v) is 10.3. The average Bonchev–Trinajstić information content (AvgIpc) is 2.35. The molecule has 6 heteroatoms. The van der Waals surface area contributed by atoms with E-state index in [1.807, 2.05) is 19.1 Å². The lowest BCUT2D eigenvalue weighted by Gasteiger charge is -2.11. The molecule has 1 aromatic rings. The van der Waals surface area contributed by atoms with E-state index in [1.54, 1.807) is 6.20 Å². The molecule has 1 rings (SSSR count). The van der Waals surface area contributed by atoms with Crippen molar-refractivity contribution in [3.05, 3.63) is 29.6 Å². The number of primary amides is 1. The zero-order valence-electron chi connectivity index (χ0n) is 10.3. The Morgan fingerprint density at radius 3 is 2.83 bits per heavy atom. The molecule has 5 N–H and O–H groups in total. The van der Waals surface area contributed by atoms with Crippen LogP contribution in [0.25, 0.3) is 0 Å². The molecule has 1 heterocycles. The number of pyridine rings is 1. The number of rotatable bonds is 6. The van der Waals surface area contributed by atoms with Gasteiger partial charge in [0.15, 0.2) is 0 Å². The van der Waals surface area contributed by atoms with Crippen LogP contribution in [0, 0.1) is 0 Å². The highest BCUT2D eigenvalue weighted by Crippen LogP contribution is 2.05. The fraction of sp³-hybridized carbons (Fsp3) is 0.417. The van der Waals surface area contributed by atoms with Gasteiger partial charge in [-0.1, -0.05) is 13.0 Å². The summed E-state index contributed by atoms with van der Waals surface area (Å²) in [6.45, 7) is 2.32. The molecule has 0 aliphatic carbocycles. The Hall–Kier alpha value is -1.95. The van der Waals surface area contributed by atoms with Crippen molar-refractivity contribution >= 4 is 11.8 Å². The second-order valence-electron chi connectivity index (χ2n) is 3.96. The molecule has 0 aromatic carbocycles. The second-order valence-corrected chi connectivity index (χ2v) is 3.96. The number of nitrogens with one attached hydrogen (secondary N) is 1. The number of carbonyl (C=O) groups is 2. The van der Waals surface area contributed by atoms with Crippen LogP contribution >= 0.6 is 0 Å². The monoisotopic (exact) mass is 250 g/mol. The van der Waals surface area contributed by atoms with Gasteiger partial charge in [-0.15, -0.1) is 0 Å². The summed E-state index contributed by atoms with van der Waals surface area (Å²) in [5, 5.41) is 2.64. The molecule has 0 radical (unpaired) electrons. The van der Waals surface area contributed by atoms with Crippen LogP contribution < -0.4 is 16.8 Å². The van der Waals surface area contributed by atoms with Gasteiger partial charge in [0.1, 0.15) is 0 Å². The van der Waals surface area contributed by atoms with E-state index in [2.05, 4.69) is 10.3 Å². The van der Waals surface area contributed by atoms with Crippen LogP contribution in [0.5, 0.6) is 0 Å². The highest BCUT2D eigenvalue weighted by Gasteiger charge is 2.15. The maximum atomic E-state index is 11.6. The largest absolute Gasteiger partial charge is 0.370 e. The number of aryl methyl sites for hydroxylation is 1. The number of amides is 2. The van der Waals surface area contributed by atoms with Gasteiger partial charge in [0.25, 0.3) is 0 Å². The molecule has 6 nitrogen and oxygen atoms in total. The number of nitrogens with zero attached hydrogens (tertiary/aromatic N) is 1. The molecule has 0 spiro atoms. The van der Waals surface area contributed by atoms with Crippen molar-refractivity contribution in [3.63, 3.8) is 0 Å².